The molecule has 3 heterocycles. The summed E-state index contributed by atoms with van der Waals surface area (Å²) < 4.78 is 2.53. The van der Waals surface area contributed by atoms with Crippen LogP contribution in [0.1, 0.15) is 45.2 Å². The molecule has 14 rings (SSSR count). The van der Waals surface area contributed by atoms with E-state index in [1.807, 2.05) is 53.8 Å². The summed E-state index contributed by atoms with van der Waals surface area (Å²) in [6, 6.07) is 70.9. The molecule has 294 valence electrons. The van der Waals surface area contributed by atoms with Gasteiger partial charge in [0.15, 0.2) is 23.3 Å². The van der Waals surface area contributed by atoms with Gasteiger partial charge in [0.1, 0.15) is 0 Å². The summed E-state index contributed by atoms with van der Waals surface area (Å²) >= 11 is 1.83. The van der Waals surface area contributed by atoms with Gasteiger partial charge < -0.3 is 0 Å². The number of fused-ring (bicyclic) bond motifs is 3. The van der Waals surface area contributed by atoms with Gasteiger partial charge >= 0.3 is 0 Å². The van der Waals surface area contributed by atoms with Crippen LogP contribution in [0, 0.1) is 0 Å². The fourth-order valence-corrected chi connectivity index (χ4v) is 11.0. The average Bonchev–Trinajstić information content (AvgIpc) is 3.75. The third kappa shape index (κ3) is 5.87. The van der Waals surface area contributed by atoms with Crippen LogP contribution in [0.25, 0.3) is 88.2 Å². The third-order valence-corrected chi connectivity index (χ3v) is 13.9. The van der Waals surface area contributed by atoms with Crippen LogP contribution >= 0.6 is 11.3 Å². The second-order valence-corrected chi connectivity index (χ2v) is 17.4. The summed E-state index contributed by atoms with van der Waals surface area (Å²) in [5.74, 6) is 2.81. The minimum atomic E-state index is 0.0551. The Bertz CT molecular complexity index is 3530. The van der Waals surface area contributed by atoms with Crippen molar-refractivity contribution in [1.82, 2.24) is 24.9 Å². The van der Waals surface area contributed by atoms with Crippen molar-refractivity contribution in [2.75, 3.05) is 0 Å². The van der Waals surface area contributed by atoms with Crippen LogP contribution < -0.4 is 0 Å². The van der Waals surface area contributed by atoms with Crippen molar-refractivity contribution >= 4 is 31.5 Å². The van der Waals surface area contributed by atoms with Crippen LogP contribution in [-0.4, -0.2) is 24.9 Å². The van der Waals surface area contributed by atoms with Crippen molar-refractivity contribution in [3.8, 4) is 68.1 Å². The molecule has 2 bridgehead atoms. The smallest absolute Gasteiger partial charge is 0.164 e. The number of nitrogens with zero attached hydrogens (tertiary/aromatic N) is 5. The lowest BCUT2D eigenvalue weighted by molar-refractivity contribution is 0.754. The number of benzene rings is 8. The first-order valence-corrected chi connectivity index (χ1v) is 22.1. The normalized spacial score (nSPS) is 14.7. The lowest BCUT2D eigenvalue weighted by Crippen LogP contribution is -2.27. The van der Waals surface area contributed by atoms with Crippen molar-refractivity contribution in [3.05, 3.63) is 234 Å². The first kappa shape index (κ1) is 35.8. The van der Waals surface area contributed by atoms with Gasteiger partial charge in [-0.05, 0) is 63.7 Å². The van der Waals surface area contributed by atoms with Gasteiger partial charge in [-0.15, -0.1) is 11.3 Å². The van der Waals surface area contributed by atoms with E-state index in [1.165, 1.54) is 53.6 Å². The summed E-state index contributed by atoms with van der Waals surface area (Å²) in [6.07, 6.45) is 0. The van der Waals surface area contributed by atoms with E-state index >= 15 is 0 Å². The molecule has 11 aromatic rings. The van der Waals surface area contributed by atoms with Crippen LogP contribution in [0.2, 0.25) is 0 Å². The number of hydrogen-bond donors (Lipinski definition) is 0. The molecule has 2 atom stereocenters. The molecular weight excluding hydrogens is 787 g/mol. The Morgan fingerprint density at radius 2 is 0.762 bits per heavy atom. The number of aromatic nitrogens is 5. The molecule has 0 amide bonds. The highest BCUT2D eigenvalue weighted by Gasteiger charge is 2.41. The zero-order chi connectivity index (χ0) is 41.4. The first-order chi connectivity index (χ1) is 31.2. The highest BCUT2D eigenvalue weighted by molar-refractivity contribution is 7.25. The van der Waals surface area contributed by atoms with E-state index in [9.17, 15) is 0 Å². The molecule has 0 saturated carbocycles. The number of hydrogen-bond acceptors (Lipinski definition) is 6. The Morgan fingerprint density at radius 3 is 1.38 bits per heavy atom. The molecule has 0 fully saturated rings. The van der Waals surface area contributed by atoms with Crippen molar-refractivity contribution < 1.29 is 0 Å². The first-order valence-electron chi connectivity index (χ1n) is 21.3. The molecule has 3 aromatic heterocycles. The van der Waals surface area contributed by atoms with Crippen molar-refractivity contribution in [2.24, 2.45) is 0 Å². The monoisotopic (exact) mass is 821 g/mol. The van der Waals surface area contributed by atoms with Crippen molar-refractivity contribution in [1.29, 1.82) is 0 Å². The minimum absolute atomic E-state index is 0.0551. The van der Waals surface area contributed by atoms with E-state index in [-0.39, 0.29) is 11.8 Å². The maximum Gasteiger partial charge on any atom is 0.164 e. The molecule has 3 aliphatic rings. The van der Waals surface area contributed by atoms with E-state index in [1.54, 1.807) is 0 Å². The third-order valence-electron chi connectivity index (χ3n) is 12.7. The quantitative estimate of drug-likeness (QED) is 0.167. The summed E-state index contributed by atoms with van der Waals surface area (Å²) in [5.41, 5.74) is 15.9. The second kappa shape index (κ2) is 14.3. The van der Waals surface area contributed by atoms with E-state index < -0.39 is 0 Å². The fraction of sp³-hybridized carbons (Fsp3) is 0.0351. The molecule has 3 aliphatic carbocycles. The van der Waals surface area contributed by atoms with Crippen LogP contribution in [0.5, 0.6) is 0 Å². The second-order valence-electron chi connectivity index (χ2n) is 16.3. The molecule has 0 N–H and O–H groups in total. The lowest BCUT2D eigenvalue weighted by Gasteiger charge is -2.42. The van der Waals surface area contributed by atoms with Gasteiger partial charge in [-0.2, -0.15) is 0 Å². The zero-order valence-corrected chi connectivity index (χ0v) is 34.7. The molecule has 0 saturated heterocycles. The largest absolute Gasteiger partial charge is 0.228 e. The number of thiophene rings is 1. The molecule has 2 unspecified atom stereocenters. The Balaban J connectivity index is 0.957. The molecule has 0 radical (unpaired) electrons. The van der Waals surface area contributed by atoms with Gasteiger partial charge in [-0.25, -0.2) is 24.9 Å². The molecule has 8 aromatic carbocycles. The molecular formula is C57H35N5S. The highest BCUT2D eigenvalue weighted by Crippen LogP contribution is 2.56. The zero-order valence-electron chi connectivity index (χ0n) is 33.9. The van der Waals surface area contributed by atoms with Crippen LogP contribution in [-0.2, 0) is 0 Å². The average molecular weight is 822 g/mol. The van der Waals surface area contributed by atoms with Crippen LogP contribution in [0.4, 0.5) is 0 Å². The van der Waals surface area contributed by atoms with Gasteiger partial charge in [0.25, 0.3) is 0 Å². The highest BCUT2D eigenvalue weighted by atomic mass is 32.1. The summed E-state index contributed by atoms with van der Waals surface area (Å²) in [4.78, 5) is 25.7. The predicted octanol–water partition coefficient (Wildman–Crippen LogP) is 14.0. The summed E-state index contributed by atoms with van der Waals surface area (Å²) in [6.45, 7) is 0. The SMILES string of the molecule is c1ccc(-c2nc(-c3ccc4c(c3)C3c5ccccc5C4c4cc(-c5nc(-c6ccccc6)nc(-c6ccccc6)n5)ccc43)cc(-c3cccc4sc5ccccc5c34)n2)cc1. The van der Waals surface area contributed by atoms with Gasteiger partial charge in [0, 0.05) is 65.4 Å². The van der Waals surface area contributed by atoms with Crippen LogP contribution in [0.15, 0.2) is 200 Å². The predicted molar refractivity (Wildman–Crippen MR) is 256 cm³/mol. The maximum atomic E-state index is 5.30. The minimum Gasteiger partial charge on any atom is -0.228 e. The van der Waals surface area contributed by atoms with Gasteiger partial charge in [-0.1, -0.05) is 170 Å². The Labute approximate surface area is 368 Å². The molecule has 5 nitrogen and oxygen atoms in total. The fourth-order valence-electron chi connectivity index (χ4n) is 9.89. The van der Waals surface area contributed by atoms with Crippen molar-refractivity contribution in [2.45, 2.75) is 11.8 Å². The summed E-state index contributed by atoms with van der Waals surface area (Å²) in [5, 5.41) is 2.49. The van der Waals surface area contributed by atoms with E-state index in [0.717, 1.165) is 44.8 Å². The number of rotatable bonds is 6. The molecule has 0 spiro atoms. The molecule has 6 heteroatoms. The van der Waals surface area contributed by atoms with E-state index in [0.29, 0.717) is 23.3 Å². The van der Waals surface area contributed by atoms with Gasteiger partial charge in [0.05, 0.1) is 11.4 Å². The van der Waals surface area contributed by atoms with E-state index in [2.05, 4.69) is 158 Å². The van der Waals surface area contributed by atoms with Gasteiger partial charge in [-0.3, -0.25) is 0 Å². The van der Waals surface area contributed by atoms with Crippen molar-refractivity contribution in [3.63, 3.8) is 0 Å². The Hall–Kier alpha value is -7.93. The van der Waals surface area contributed by atoms with E-state index in [4.69, 9.17) is 24.9 Å². The van der Waals surface area contributed by atoms with Gasteiger partial charge in [0.2, 0.25) is 0 Å². The maximum absolute atomic E-state index is 5.30. The molecule has 63 heavy (non-hydrogen) atoms. The molecule has 0 aliphatic heterocycles. The topological polar surface area (TPSA) is 64.5 Å². The lowest BCUT2D eigenvalue weighted by atomic mass is 9.60. The summed E-state index contributed by atoms with van der Waals surface area (Å²) in [7, 11) is 0. The Kier molecular flexibility index (Phi) is 8.14. The Morgan fingerprint density at radius 1 is 0.302 bits per heavy atom. The standard InChI is InChI=1S/C57H35N5S/c1-4-15-34(16-5-1)54-58-47(33-48(59-54)43-24-14-26-50-53(43)44-23-12-13-25-49(44)63-50)37-27-29-41-45(31-37)51-39-21-10-11-22-40(39)52(41)46-32-38(28-30-42(46)51)57-61-55(35-17-6-2-7-18-35)60-56(62-57)36-19-8-3-9-20-36/h1-33,51-52H. The van der Waals surface area contributed by atoms with Crippen LogP contribution in [0.3, 0.4) is 0 Å².